The molecule has 1 N–H and O–H groups in total. The van der Waals surface area contributed by atoms with Crippen molar-refractivity contribution in [2.45, 2.75) is 32.0 Å². The second-order valence-corrected chi connectivity index (χ2v) is 7.57. The minimum Gasteiger partial charge on any atom is -0.488 e. The van der Waals surface area contributed by atoms with E-state index in [1.807, 2.05) is 6.08 Å². The van der Waals surface area contributed by atoms with Gasteiger partial charge in [-0.1, -0.05) is 30.3 Å². The van der Waals surface area contributed by atoms with Crippen molar-refractivity contribution < 1.29 is 32.2 Å². The van der Waals surface area contributed by atoms with Crippen molar-refractivity contribution in [1.29, 1.82) is 0 Å². The van der Waals surface area contributed by atoms with E-state index in [1.54, 1.807) is 19.1 Å². The molecule has 2 aliphatic heterocycles. The average Bonchev–Trinajstić information content (AvgIpc) is 3.25. The summed E-state index contributed by atoms with van der Waals surface area (Å²) in [4.78, 5) is 29.0. The quantitative estimate of drug-likeness (QED) is 0.651. The Bertz CT molecular complexity index is 1150. The Balaban J connectivity index is 1.65. The van der Waals surface area contributed by atoms with Gasteiger partial charge in [0, 0.05) is 23.5 Å². The zero-order valence-electron chi connectivity index (χ0n) is 17.7. The maximum Gasteiger partial charge on any atom is 0.416 e. The number of carbonyl (C=O) groups is 2. The molecule has 1 saturated heterocycles. The van der Waals surface area contributed by atoms with Gasteiger partial charge in [0.05, 0.1) is 18.7 Å². The maximum absolute atomic E-state index is 13.3. The fourth-order valence-corrected chi connectivity index (χ4v) is 3.95. The largest absolute Gasteiger partial charge is 0.488 e. The number of alkyl halides is 3. The molecule has 0 bridgehead atoms. The van der Waals surface area contributed by atoms with Crippen LogP contribution in [0, 0.1) is 0 Å². The van der Waals surface area contributed by atoms with Gasteiger partial charge in [-0.05, 0) is 30.7 Å². The van der Waals surface area contributed by atoms with E-state index in [0.29, 0.717) is 17.9 Å². The molecule has 2 heterocycles. The lowest BCUT2D eigenvalue weighted by Gasteiger charge is -2.26. The summed E-state index contributed by atoms with van der Waals surface area (Å²) in [5.74, 6) is -0.512. The van der Waals surface area contributed by atoms with Crippen LogP contribution in [0.1, 0.15) is 46.3 Å². The number of piperidine rings is 1. The number of hydrogen-bond acceptors (Lipinski definition) is 5. The normalized spacial score (nSPS) is 17.6. The zero-order chi connectivity index (χ0) is 23.6. The van der Waals surface area contributed by atoms with Crippen LogP contribution in [-0.2, 0) is 22.3 Å². The molecule has 1 atom stereocenters. The van der Waals surface area contributed by atoms with Crippen LogP contribution in [0.4, 0.5) is 13.2 Å². The molecule has 0 radical (unpaired) electrons. The first-order valence-corrected chi connectivity index (χ1v) is 10.4. The summed E-state index contributed by atoms with van der Waals surface area (Å²) >= 11 is 0. The Kier molecular flexibility index (Phi) is 6.22. The van der Waals surface area contributed by atoms with E-state index in [1.165, 1.54) is 24.3 Å². The van der Waals surface area contributed by atoms with Gasteiger partial charge in [-0.3, -0.25) is 9.79 Å². The third-order valence-electron chi connectivity index (χ3n) is 5.46. The van der Waals surface area contributed by atoms with E-state index in [4.69, 9.17) is 9.47 Å². The van der Waals surface area contributed by atoms with Crippen LogP contribution in [0.3, 0.4) is 0 Å². The first kappa shape index (κ1) is 22.6. The summed E-state index contributed by atoms with van der Waals surface area (Å²) < 4.78 is 50.7. The van der Waals surface area contributed by atoms with Crippen LogP contribution in [0.25, 0.3) is 0 Å². The lowest BCUT2D eigenvalue weighted by Crippen LogP contribution is -2.38. The molecule has 0 saturated carbocycles. The average molecular weight is 458 g/mol. The molecule has 2 aromatic rings. The molecule has 9 heteroatoms. The molecule has 6 nitrogen and oxygen atoms in total. The Morgan fingerprint density at radius 1 is 1.21 bits per heavy atom. The van der Waals surface area contributed by atoms with Crippen LogP contribution in [0.2, 0.25) is 0 Å². The Hall–Kier alpha value is -3.62. The molecule has 1 amide bonds. The summed E-state index contributed by atoms with van der Waals surface area (Å²) in [6.45, 7) is 1.85. The van der Waals surface area contributed by atoms with E-state index in [0.717, 1.165) is 11.6 Å². The number of benzene rings is 2. The number of ether oxygens (including phenoxy) is 2. The Labute approximate surface area is 188 Å². The third-order valence-corrected chi connectivity index (χ3v) is 5.46. The van der Waals surface area contributed by atoms with Crippen molar-refractivity contribution in [3.63, 3.8) is 0 Å². The molecule has 0 aliphatic carbocycles. The molecular weight excluding hydrogens is 437 g/mol. The van der Waals surface area contributed by atoms with Crippen molar-refractivity contribution in [2.75, 3.05) is 13.2 Å². The Morgan fingerprint density at radius 2 is 2.00 bits per heavy atom. The number of aliphatic imine (C=N–C) groups is 1. The molecule has 172 valence electrons. The maximum atomic E-state index is 13.3. The van der Waals surface area contributed by atoms with E-state index in [-0.39, 0.29) is 48.3 Å². The summed E-state index contributed by atoms with van der Waals surface area (Å²) in [6, 6.07) is 9.91. The minimum atomic E-state index is -4.52. The van der Waals surface area contributed by atoms with Crippen molar-refractivity contribution in [3.8, 4) is 5.75 Å². The number of nitrogens with zero attached hydrogens (tertiary/aromatic N) is 1. The highest BCUT2D eigenvalue weighted by Crippen LogP contribution is 2.36. The highest BCUT2D eigenvalue weighted by atomic mass is 19.4. The SMILES string of the molecule is CCOC(=O)c1cc(C2CC(=O)NC3=NCC=C32)ccc1OCc1ccccc1C(F)(F)F. The highest BCUT2D eigenvalue weighted by molar-refractivity contribution is 6.12. The monoisotopic (exact) mass is 458 g/mol. The molecule has 0 aromatic heterocycles. The lowest BCUT2D eigenvalue weighted by atomic mass is 9.84. The summed E-state index contributed by atoms with van der Waals surface area (Å²) in [6.07, 6.45) is -2.42. The van der Waals surface area contributed by atoms with Gasteiger partial charge < -0.3 is 14.8 Å². The summed E-state index contributed by atoms with van der Waals surface area (Å²) in [5, 5.41) is 2.74. The topological polar surface area (TPSA) is 77.0 Å². The Morgan fingerprint density at radius 3 is 2.76 bits per heavy atom. The van der Waals surface area contributed by atoms with Crippen molar-refractivity contribution in [2.24, 2.45) is 4.99 Å². The van der Waals surface area contributed by atoms with Gasteiger partial charge in [-0.15, -0.1) is 0 Å². The fraction of sp³-hybridized carbons (Fsp3) is 0.292. The van der Waals surface area contributed by atoms with Crippen LogP contribution >= 0.6 is 0 Å². The van der Waals surface area contributed by atoms with Crippen molar-refractivity contribution in [3.05, 3.63) is 76.4 Å². The smallest absolute Gasteiger partial charge is 0.416 e. The number of esters is 1. The van der Waals surface area contributed by atoms with Gasteiger partial charge in [-0.2, -0.15) is 13.2 Å². The molecule has 1 unspecified atom stereocenters. The number of amidine groups is 1. The van der Waals surface area contributed by atoms with Gasteiger partial charge in [0.2, 0.25) is 5.91 Å². The van der Waals surface area contributed by atoms with E-state index >= 15 is 0 Å². The number of nitrogens with one attached hydrogen (secondary N) is 1. The molecule has 0 spiro atoms. The van der Waals surface area contributed by atoms with Gasteiger partial charge in [-0.25, -0.2) is 4.79 Å². The van der Waals surface area contributed by atoms with Crippen LogP contribution in [0.15, 0.2) is 59.1 Å². The van der Waals surface area contributed by atoms with Gasteiger partial charge >= 0.3 is 12.1 Å². The number of rotatable bonds is 6. The number of halogens is 3. The molecule has 2 aromatic carbocycles. The van der Waals surface area contributed by atoms with Gasteiger partial charge in [0.25, 0.3) is 0 Å². The van der Waals surface area contributed by atoms with Crippen LogP contribution < -0.4 is 10.1 Å². The second kappa shape index (κ2) is 9.09. The van der Waals surface area contributed by atoms with E-state index in [9.17, 15) is 22.8 Å². The van der Waals surface area contributed by atoms with Crippen molar-refractivity contribution >= 4 is 17.7 Å². The third kappa shape index (κ3) is 4.76. The predicted octanol–water partition coefficient (Wildman–Crippen LogP) is 4.40. The fourth-order valence-electron chi connectivity index (χ4n) is 3.95. The molecule has 1 fully saturated rings. The number of hydrogen-bond donors (Lipinski definition) is 1. The number of carbonyl (C=O) groups excluding carboxylic acids is 2. The first-order valence-electron chi connectivity index (χ1n) is 10.4. The molecule has 33 heavy (non-hydrogen) atoms. The van der Waals surface area contributed by atoms with Gasteiger partial charge in [0.15, 0.2) is 0 Å². The zero-order valence-corrected chi connectivity index (χ0v) is 17.7. The van der Waals surface area contributed by atoms with Gasteiger partial charge in [0.1, 0.15) is 23.8 Å². The number of amides is 1. The predicted molar refractivity (Wildman–Crippen MR) is 114 cm³/mol. The van der Waals surface area contributed by atoms with Crippen LogP contribution in [0.5, 0.6) is 5.75 Å². The summed E-state index contributed by atoms with van der Waals surface area (Å²) in [7, 11) is 0. The van der Waals surface area contributed by atoms with E-state index in [2.05, 4.69) is 10.3 Å². The molecular formula is C24H21F3N2O4. The lowest BCUT2D eigenvalue weighted by molar-refractivity contribution is -0.138. The first-order chi connectivity index (χ1) is 15.8. The molecule has 4 rings (SSSR count). The summed E-state index contributed by atoms with van der Waals surface area (Å²) in [5.41, 5.74) is 0.799. The number of fused-ring (bicyclic) bond motifs is 1. The van der Waals surface area contributed by atoms with Crippen LogP contribution in [-0.4, -0.2) is 30.9 Å². The minimum absolute atomic E-state index is 0.0511. The van der Waals surface area contributed by atoms with E-state index < -0.39 is 17.7 Å². The van der Waals surface area contributed by atoms with Crippen molar-refractivity contribution in [1.82, 2.24) is 5.32 Å². The standard InChI is InChI=1S/C24H21F3N2O4/c1-2-32-23(31)18-11-14(17-12-21(30)29-22-16(17)9-10-28-22)7-8-20(18)33-13-15-5-3-4-6-19(15)24(25,26)27/h3-9,11,17H,2,10,12-13H2,1H3,(H,28,29,30). The highest BCUT2D eigenvalue weighted by Gasteiger charge is 2.34. The second-order valence-electron chi connectivity index (χ2n) is 7.57. The molecule has 2 aliphatic rings.